The van der Waals surface area contributed by atoms with Gasteiger partial charge in [-0.2, -0.15) is 4.98 Å². The fourth-order valence-electron chi connectivity index (χ4n) is 3.60. The lowest BCUT2D eigenvalue weighted by molar-refractivity contribution is -0.120. The molecule has 8 heteroatoms. The summed E-state index contributed by atoms with van der Waals surface area (Å²) in [6, 6.07) is 13.4. The third-order valence-electron chi connectivity index (χ3n) is 5.05. The van der Waals surface area contributed by atoms with Crippen LogP contribution in [-0.2, 0) is 4.79 Å². The normalized spacial score (nSPS) is 14.8. The van der Waals surface area contributed by atoms with E-state index in [1.54, 1.807) is 4.90 Å². The van der Waals surface area contributed by atoms with Crippen LogP contribution in [-0.4, -0.2) is 34.0 Å². The lowest BCUT2D eigenvalue weighted by atomic mass is 10.1. The largest absolute Gasteiger partial charge is 0.494 e. The molecular formula is C23H24N4O3S. The van der Waals surface area contributed by atoms with Crippen molar-refractivity contribution in [1.82, 2.24) is 15.2 Å². The highest BCUT2D eigenvalue weighted by Crippen LogP contribution is 2.43. The zero-order valence-electron chi connectivity index (χ0n) is 18.0. The molecule has 3 aromatic rings. The third kappa shape index (κ3) is 3.95. The van der Waals surface area contributed by atoms with Crippen LogP contribution >= 0.6 is 11.8 Å². The monoisotopic (exact) mass is 436 g/mol. The number of fused-ring (bicyclic) bond motifs is 3. The second-order valence-corrected chi connectivity index (χ2v) is 7.79. The third-order valence-corrected chi connectivity index (χ3v) is 5.59. The number of hydrogen-bond donors (Lipinski definition) is 0. The van der Waals surface area contributed by atoms with Crippen molar-refractivity contribution < 1.29 is 14.3 Å². The number of anilines is 1. The number of ether oxygens (including phenoxy) is 2. The Bertz CT molecular complexity index is 1120. The second kappa shape index (κ2) is 8.93. The molecule has 0 saturated heterocycles. The van der Waals surface area contributed by atoms with Gasteiger partial charge < -0.3 is 9.47 Å². The molecule has 1 aromatic heterocycles. The first-order chi connectivity index (χ1) is 15.1. The highest BCUT2D eigenvalue weighted by Gasteiger charge is 2.35. The Hall–Kier alpha value is -3.13. The summed E-state index contributed by atoms with van der Waals surface area (Å²) in [7, 11) is 0. The van der Waals surface area contributed by atoms with Crippen LogP contribution in [0.3, 0.4) is 0 Å². The van der Waals surface area contributed by atoms with Gasteiger partial charge in [-0.1, -0.05) is 36.9 Å². The number of hydrogen-bond acceptors (Lipinski definition) is 7. The Labute approximate surface area is 185 Å². The Kier molecular flexibility index (Phi) is 6.08. The molecule has 1 aliphatic heterocycles. The lowest BCUT2D eigenvalue weighted by Crippen LogP contribution is -2.37. The molecule has 0 saturated carbocycles. The van der Waals surface area contributed by atoms with Crippen LogP contribution in [0.2, 0.25) is 0 Å². The van der Waals surface area contributed by atoms with Crippen molar-refractivity contribution in [3.8, 4) is 22.9 Å². The SMILES string of the molecule is CCOc1ccc(C2Oc3nc(SC)nnc3-c3ccccc3N2C(=O)CC)cc1C. The molecular weight excluding hydrogens is 412 g/mol. The molecule has 0 fully saturated rings. The summed E-state index contributed by atoms with van der Waals surface area (Å²) in [6.07, 6.45) is 1.51. The minimum Gasteiger partial charge on any atom is -0.494 e. The molecule has 160 valence electrons. The molecule has 2 heterocycles. The fourth-order valence-corrected chi connectivity index (χ4v) is 3.90. The minimum absolute atomic E-state index is 0.0603. The zero-order chi connectivity index (χ0) is 22.0. The number of aryl methyl sites for hydroxylation is 1. The van der Waals surface area contributed by atoms with Crippen molar-refractivity contribution in [2.45, 2.75) is 38.6 Å². The maximum Gasteiger partial charge on any atom is 0.247 e. The van der Waals surface area contributed by atoms with E-state index in [0.29, 0.717) is 29.8 Å². The quantitative estimate of drug-likeness (QED) is 0.532. The van der Waals surface area contributed by atoms with E-state index in [4.69, 9.17) is 9.47 Å². The van der Waals surface area contributed by atoms with E-state index in [1.807, 2.05) is 69.5 Å². The molecule has 0 N–H and O–H groups in total. The number of nitrogens with zero attached hydrogens (tertiary/aromatic N) is 4. The fraction of sp³-hybridized carbons (Fsp3) is 0.304. The van der Waals surface area contributed by atoms with E-state index < -0.39 is 6.23 Å². The van der Waals surface area contributed by atoms with Gasteiger partial charge in [0.25, 0.3) is 0 Å². The van der Waals surface area contributed by atoms with Gasteiger partial charge in [-0.05, 0) is 49.9 Å². The van der Waals surface area contributed by atoms with Gasteiger partial charge in [-0.25, -0.2) is 0 Å². The maximum absolute atomic E-state index is 13.2. The predicted octanol–water partition coefficient (Wildman–Crippen LogP) is 4.80. The van der Waals surface area contributed by atoms with E-state index >= 15 is 0 Å². The van der Waals surface area contributed by atoms with Gasteiger partial charge in [0.2, 0.25) is 23.2 Å². The Balaban J connectivity index is 1.92. The highest BCUT2D eigenvalue weighted by atomic mass is 32.2. The van der Waals surface area contributed by atoms with Gasteiger partial charge in [0.15, 0.2) is 5.69 Å². The summed E-state index contributed by atoms with van der Waals surface area (Å²) in [4.78, 5) is 19.4. The molecule has 31 heavy (non-hydrogen) atoms. The minimum atomic E-state index is -0.698. The summed E-state index contributed by atoms with van der Waals surface area (Å²) in [5.41, 5.74) is 3.80. The van der Waals surface area contributed by atoms with Gasteiger partial charge in [0.05, 0.1) is 12.3 Å². The molecule has 1 atom stereocenters. The number of carbonyl (C=O) groups excluding carboxylic acids is 1. The molecule has 1 unspecified atom stereocenters. The Morgan fingerprint density at radius 3 is 2.71 bits per heavy atom. The van der Waals surface area contributed by atoms with Crippen molar-refractivity contribution in [1.29, 1.82) is 0 Å². The average molecular weight is 437 g/mol. The maximum atomic E-state index is 13.2. The number of carbonyl (C=O) groups is 1. The molecule has 0 aliphatic carbocycles. The standard InChI is InChI=1S/C23H24N4O3S/c1-5-19(28)27-17-10-8-7-9-16(17)20-21(24-23(31-4)26-25-20)30-22(27)15-11-12-18(29-6-2)14(3)13-15/h7-13,22H,5-6H2,1-4H3. The van der Waals surface area contributed by atoms with Crippen LogP contribution in [0.4, 0.5) is 5.69 Å². The summed E-state index contributed by atoms with van der Waals surface area (Å²) in [5, 5.41) is 9.07. The molecule has 7 nitrogen and oxygen atoms in total. The van der Waals surface area contributed by atoms with Gasteiger partial charge in [-0.15, -0.1) is 10.2 Å². The van der Waals surface area contributed by atoms with Crippen molar-refractivity contribution >= 4 is 23.4 Å². The Morgan fingerprint density at radius 2 is 2.00 bits per heavy atom. The van der Waals surface area contributed by atoms with E-state index in [9.17, 15) is 4.79 Å². The number of aromatic nitrogens is 3. The number of benzene rings is 2. The number of para-hydroxylation sites is 1. The molecule has 0 radical (unpaired) electrons. The van der Waals surface area contributed by atoms with Crippen molar-refractivity contribution in [3.05, 3.63) is 53.6 Å². The Morgan fingerprint density at radius 1 is 1.19 bits per heavy atom. The van der Waals surface area contributed by atoms with Crippen molar-refractivity contribution in [2.75, 3.05) is 17.8 Å². The van der Waals surface area contributed by atoms with Gasteiger partial charge >= 0.3 is 0 Å². The van der Waals surface area contributed by atoms with Crippen LogP contribution in [0, 0.1) is 6.92 Å². The molecule has 0 bridgehead atoms. The van der Waals surface area contributed by atoms with Crippen molar-refractivity contribution in [3.63, 3.8) is 0 Å². The van der Waals surface area contributed by atoms with Crippen LogP contribution in [0.5, 0.6) is 11.6 Å². The highest BCUT2D eigenvalue weighted by molar-refractivity contribution is 7.98. The van der Waals surface area contributed by atoms with Gasteiger partial charge in [0, 0.05) is 17.5 Å². The smallest absolute Gasteiger partial charge is 0.247 e. The number of thioether (sulfide) groups is 1. The van der Waals surface area contributed by atoms with E-state index in [-0.39, 0.29) is 5.91 Å². The molecule has 4 rings (SSSR count). The lowest BCUT2D eigenvalue weighted by Gasteiger charge is -2.31. The molecule has 1 amide bonds. The van der Waals surface area contributed by atoms with Crippen LogP contribution in [0.15, 0.2) is 47.6 Å². The van der Waals surface area contributed by atoms with Gasteiger partial charge in [0.1, 0.15) is 5.75 Å². The van der Waals surface area contributed by atoms with Gasteiger partial charge in [-0.3, -0.25) is 9.69 Å². The first-order valence-electron chi connectivity index (χ1n) is 10.2. The zero-order valence-corrected chi connectivity index (χ0v) is 18.8. The summed E-state index contributed by atoms with van der Waals surface area (Å²) in [5.74, 6) is 1.10. The van der Waals surface area contributed by atoms with Crippen LogP contribution < -0.4 is 14.4 Å². The second-order valence-electron chi connectivity index (χ2n) is 7.01. The van der Waals surface area contributed by atoms with E-state index in [0.717, 1.165) is 28.1 Å². The van der Waals surface area contributed by atoms with Crippen LogP contribution in [0.1, 0.15) is 37.6 Å². The van der Waals surface area contributed by atoms with Crippen LogP contribution in [0.25, 0.3) is 11.3 Å². The first-order valence-corrected chi connectivity index (χ1v) is 11.4. The van der Waals surface area contributed by atoms with Crippen molar-refractivity contribution in [2.24, 2.45) is 0 Å². The summed E-state index contributed by atoms with van der Waals surface area (Å²) >= 11 is 1.39. The van der Waals surface area contributed by atoms with E-state index in [2.05, 4.69) is 15.2 Å². The first kappa shape index (κ1) is 21.1. The van der Waals surface area contributed by atoms with E-state index in [1.165, 1.54) is 11.8 Å². The topological polar surface area (TPSA) is 77.4 Å². The number of rotatable bonds is 5. The predicted molar refractivity (Wildman–Crippen MR) is 121 cm³/mol. The average Bonchev–Trinajstić information content (AvgIpc) is 2.94. The molecule has 2 aromatic carbocycles. The molecule has 0 spiro atoms. The summed E-state index contributed by atoms with van der Waals surface area (Å²) in [6.45, 7) is 6.36. The summed E-state index contributed by atoms with van der Waals surface area (Å²) < 4.78 is 12.1. The molecule has 1 aliphatic rings. The number of amides is 1.